The summed E-state index contributed by atoms with van der Waals surface area (Å²) in [5.41, 5.74) is 1.74. The van der Waals surface area contributed by atoms with Crippen LogP contribution in [0.5, 0.6) is 5.75 Å². The number of aryl methyl sites for hydroxylation is 1. The molecule has 0 radical (unpaired) electrons. The van der Waals surface area contributed by atoms with E-state index in [1.165, 1.54) is 12.2 Å². The van der Waals surface area contributed by atoms with Gasteiger partial charge in [0.25, 0.3) is 0 Å². The summed E-state index contributed by atoms with van der Waals surface area (Å²) in [5.74, 6) is 2.68. The van der Waals surface area contributed by atoms with Gasteiger partial charge in [-0.3, -0.25) is 0 Å². The molecular weight excluding hydrogens is 288 g/mol. The summed E-state index contributed by atoms with van der Waals surface area (Å²) in [6.45, 7) is 2.85. The van der Waals surface area contributed by atoms with Gasteiger partial charge in [0, 0.05) is 44.0 Å². The van der Waals surface area contributed by atoms with Gasteiger partial charge < -0.3 is 14.2 Å². The van der Waals surface area contributed by atoms with E-state index in [2.05, 4.69) is 33.8 Å². The molecule has 2 aromatic rings. The van der Waals surface area contributed by atoms with E-state index in [0.717, 1.165) is 37.4 Å². The van der Waals surface area contributed by atoms with Crippen LogP contribution in [0.25, 0.3) is 0 Å². The number of ether oxygens (including phenoxy) is 1. The molecule has 0 fully saturated rings. The molecule has 0 bridgehead atoms. The molecular formula is C18H22N4O. The number of hydrogen-bond donors (Lipinski definition) is 0. The molecule has 1 aromatic heterocycles. The van der Waals surface area contributed by atoms with Gasteiger partial charge in [0.05, 0.1) is 18.7 Å². The first-order valence-corrected chi connectivity index (χ1v) is 7.95. The van der Waals surface area contributed by atoms with E-state index in [1.807, 2.05) is 18.3 Å². The van der Waals surface area contributed by atoms with E-state index < -0.39 is 0 Å². The molecule has 3 rings (SSSR count). The Morgan fingerprint density at radius 2 is 2.35 bits per heavy atom. The Kier molecular flexibility index (Phi) is 4.63. The number of nitrogens with zero attached hydrogens (tertiary/aromatic N) is 4. The third-order valence-corrected chi connectivity index (χ3v) is 4.45. The van der Waals surface area contributed by atoms with Crippen molar-refractivity contribution >= 4 is 0 Å². The molecule has 23 heavy (non-hydrogen) atoms. The van der Waals surface area contributed by atoms with Crippen LogP contribution in [0.4, 0.5) is 0 Å². The molecule has 0 spiro atoms. The highest BCUT2D eigenvalue weighted by Gasteiger charge is 2.20. The van der Waals surface area contributed by atoms with E-state index in [1.54, 1.807) is 13.2 Å². The lowest BCUT2D eigenvalue weighted by Gasteiger charge is -2.28. The minimum atomic E-state index is 0.631. The molecule has 0 saturated carbocycles. The fraction of sp³-hybridized carbons (Fsp3) is 0.444. The standard InChI is InChI=1S/C18H22N4O/c1-21(11-15-4-6-18-20-7-8-22(18)12-15)13-16-9-14(10-19)3-5-17(16)23-2/h3,5,7-9,15H,4,6,11-13H2,1-2H3/t15-/m0/s1. The zero-order valence-corrected chi connectivity index (χ0v) is 13.7. The van der Waals surface area contributed by atoms with Crippen LogP contribution in [0.1, 0.15) is 23.4 Å². The molecule has 0 saturated heterocycles. The fourth-order valence-electron chi connectivity index (χ4n) is 3.35. The summed E-state index contributed by atoms with van der Waals surface area (Å²) < 4.78 is 7.69. The molecule has 0 aliphatic carbocycles. The lowest BCUT2D eigenvalue weighted by molar-refractivity contribution is 0.227. The highest BCUT2D eigenvalue weighted by atomic mass is 16.5. The van der Waals surface area contributed by atoms with Crippen LogP contribution in [0.3, 0.4) is 0 Å². The SMILES string of the molecule is COc1ccc(C#N)cc1CN(C)C[C@@H]1CCc2nccn2C1. The van der Waals surface area contributed by atoms with Gasteiger partial charge in [0.1, 0.15) is 11.6 Å². The second-order valence-corrected chi connectivity index (χ2v) is 6.24. The van der Waals surface area contributed by atoms with E-state index in [9.17, 15) is 0 Å². The van der Waals surface area contributed by atoms with Crippen LogP contribution in [0.2, 0.25) is 0 Å². The summed E-state index contributed by atoms with van der Waals surface area (Å²) in [4.78, 5) is 6.69. The number of nitriles is 1. The van der Waals surface area contributed by atoms with Crippen LogP contribution in [0, 0.1) is 17.2 Å². The summed E-state index contributed by atoms with van der Waals surface area (Å²) in [6, 6.07) is 7.79. The van der Waals surface area contributed by atoms with Crippen molar-refractivity contribution in [3.05, 3.63) is 47.5 Å². The van der Waals surface area contributed by atoms with Crippen LogP contribution < -0.4 is 4.74 Å². The average Bonchev–Trinajstić information content (AvgIpc) is 3.02. The molecule has 0 unspecified atom stereocenters. The van der Waals surface area contributed by atoms with Gasteiger partial charge >= 0.3 is 0 Å². The number of imidazole rings is 1. The maximum Gasteiger partial charge on any atom is 0.123 e. The zero-order chi connectivity index (χ0) is 16.2. The van der Waals surface area contributed by atoms with Gasteiger partial charge in [-0.15, -0.1) is 0 Å². The third-order valence-electron chi connectivity index (χ3n) is 4.45. The van der Waals surface area contributed by atoms with Gasteiger partial charge in [0.2, 0.25) is 0 Å². The summed E-state index contributed by atoms with van der Waals surface area (Å²) in [5, 5.41) is 9.08. The highest BCUT2D eigenvalue weighted by molar-refractivity contribution is 5.42. The minimum Gasteiger partial charge on any atom is -0.496 e. The van der Waals surface area contributed by atoms with E-state index >= 15 is 0 Å². The number of hydrogen-bond acceptors (Lipinski definition) is 4. The normalized spacial score (nSPS) is 16.9. The van der Waals surface area contributed by atoms with Crippen LogP contribution in [0.15, 0.2) is 30.6 Å². The van der Waals surface area contributed by atoms with Crippen molar-refractivity contribution in [3.8, 4) is 11.8 Å². The first-order valence-electron chi connectivity index (χ1n) is 7.95. The highest BCUT2D eigenvalue weighted by Crippen LogP contribution is 2.23. The molecule has 0 N–H and O–H groups in total. The van der Waals surface area contributed by atoms with Gasteiger partial charge in [-0.2, -0.15) is 5.26 Å². The third kappa shape index (κ3) is 3.54. The molecule has 120 valence electrons. The number of aromatic nitrogens is 2. The summed E-state index contributed by atoms with van der Waals surface area (Å²) in [6.07, 6.45) is 6.19. The van der Waals surface area contributed by atoms with E-state index in [-0.39, 0.29) is 0 Å². The Morgan fingerprint density at radius 1 is 1.48 bits per heavy atom. The Hall–Kier alpha value is -2.32. The van der Waals surface area contributed by atoms with Crippen molar-refractivity contribution in [2.45, 2.75) is 25.9 Å². The quantitative estimate of drug-likeness (QED) is 0.851. The smallest absolute Gasteiger partial charge is 0.123 e. The first-order chi connectivity index (χ1) is 11.2. The Morgan fingerprint density at radius 3 is 3.13 bits per heavy atom. The van der Waals surface area contributed by atoms with Crippen LogP contribution >= 0.6 is 0 Å². The predicted molar refractivity (Wildman–Crippen MR) is 88.1 cm³/mol. The monoisotopic (exact) mass is 310 g/mol. The van der Waals surface area contributed by atoms with Crippen molar-refractivity contribution in [1.29, 1.82) is 5.26 Å². The van der Waals surface area contributed by atoms with E-state index in [0.29, 0.717) is 11.5 Å². The molecule has 5 nitrogen and oxygen atoms in total. The molecule has 2 heterocycles. The second kappa shape index (κ2) is 6.84. The van der Waals surface area contributed by atoms with E-state index in [4.69, 9.17) is 10.00 Å². The van der Waals surface area contributed by atoms with Crippen LogP contribution in [-0.2, 0) is 19.5 Å². The lowest BCUT2D eigenvalue weighted by atomic mass is 9.98. The molecule has 1 aliphatic rings. The Balaban J connectivity index is 1.64. The van der Waals surface area contributed by atoms with Gasteiger partial charge in [-0.25, -0.2) is 4.98 Å². The van der Waals surface area contributed by atoms with Gasteiger partial charge in [0.15, 0.2) is 0 Å². The minimum absolute atomic E-state index is 0.631. The molecule has 5 heteroatoms. The molecule has 1 aromatic carbocycles. The first kappa shape index (κ1) is 15.6. The Labute approximate surface area is 137 Å². The van der Waals surface area contributed by atoms with Crippen molar-refractivity contribution < 1.29 is 4.74 Å². The number of methoxy groups -OCH3 is 1. The average molecular weight is 310 g/mol. The molecule has 1 aliphatic heterocycles. The number of benzene rings is 1. The number of rotatable bonds is 5. The van der Waals surface area contributed by atoms with Gasteiger partial charge in [-0.1, -0.05) is 0 Å². The van der Waals surface area contributed by atoms with Crippen molar-refractivity contribution in [1.82, 2.24) is 14.5 Å². The zero-order valence-electron chi connectivity index (χ0n) is 13.7. The summed E-state index contributed by atoms with van der Waals surface area (Å²) in [7, 11) is 3.80. The second-order valence-electron chi connectivity index (χ2n) is 6.24. The lowest BCUT2D eigenvalue weighted by Crippen LogP contribution is -2.31. The largest absolute Gasteiger partial charge is 0.496 e. The topological polar surface area (TPSA) is 54.1 Å². The Bertz CT molecular complexity index is 716. The van der Waals surface area contributed by atoms with Crippen molar-refractivity contribution in [3.63, 3.8) is 0 Å². The maximum absolute atomic E-state index is 9.08. The summed E-state index contributed by atoms with van der Waals surface area (Å²) >= 11 is 0. The van der Waals surface area contributed by atoms with Gasteiger partial charge in [-0.05, 0) is 37.6 Å². The molecule has 0 amide bonds. The van der Waals surface area contributed by atoms with Crippen molar-refractivity contribution in [2.75, 3.05) is 20.7 Å². The van der Waals surface area contributed by atoms with Crippen molar-refractivity contribution in [2.24, 2.45) is 5.92 Å². The maximum atomic E-state index is 9.08. The predicted octanol–water partition coefficient (Wildman–Crippen LogP) is 2.46. The molecule has 1 atom stereocenters. The van der Waals surface area contributed by atoms with Crippen LogP contribution in [-0.4, -0.2) is 35.2 Å². The fourth-order valence-corrected chi connectivity index (χ4v) is 3.35. The number of fused-ring (bicyclic) bond motifs is 1.